The van der Waals surface area contributed by atoms with Crippen LogP contribution in [0.4, 0.5) is 0 Å². The summed E-state index contributed by atoms with van der Waals surface area (Å²) < 4.78 is 5.21. The van der Waals surface area contributed by atoms with Crippen LogP contribution in [-0.4, -0.2) is 40.1 Å². The number of likely N-dealkylation sites (N-methyl/N-ethyl adjacent to an activating group) is 1. The minimum atomic E-state index is -1.06. The van der Waals surface area contributed by atoms with Crippen molar-refractivity contribution in [1.29, 1.82) is 0 Å². The van der Waals surface area contributed by atoms with Gasteiger partial charge in [0.05, 0.1) is 0 Å². The van der Waals surface area contributed by atoms with E-state index in [-0.39, 0.29) is 17.5 Å². The Labute approximate surface area is 141 Å². The minimum Gasteiger partial charge on any atom is -0.480 e. The van der Waals surface area contributed by atoms with Crippen molar-refractivity contribution in [2.75, 3.05) is 7.05 Å². The third-order valence-corrected chi connectivity index (χ3v) is 3.81. The Morgan fingerprint density at radius 1 is 1.25 bits per heavy atom. The van der Waals surface area contributed by atoms with Gasteiger partial charge in [0.2, 0.25) is 0 Å². The van der Waals surface area contributed by atoms with E-state index in [4.69, 9.17) is 4.52 Å². The van der Waals surface area contributed by atoms with Gasteiger partial charge < -0.3 is 14.5 Å². The molecule has 0 saturated heterocycles. The molecule has 128 valence electrons. The molecule has 6 heteroatoms. The summed E-state index contributed by atoms with van der Waals surface area (Å²) in [6.07, 6.45) is 0.225. The summed E-state index contributed by atoms with van der Waals surface area (Å²) in [5.41, 5.74) is 0.683. The van der Waals surface area contributed by atoms with E-state index in [9.17, 15) is 14.7 Å². The molecule has 1 aromatic heterocycles. The van der Waals surface area contributed by atoms with Crippen LogP contribution in [0.3, 0.4) is 0 Å². The number of aromatic nitrogens is 1. The molecular weight excluding hydrogens is 308 g/mol. The molecule has 1 aromatic carbocycles. The van der Waals surface area contributed by atoms with Gasteiger partial charge in [-0.25, -0.2) is 4.79 Å². The van der Waals surface area contributed by atoms with Crippen molar-refractivity contribution in [3.8, 4) is 0 Å². The van der Waals surface area contributed by atoms with Gasteiger partial charge in [-0.3, -0.25) is 4.79 Å². The summed E-state index contributed by atoms with van der Waals surface area (Å²) in [6, 6.07) is 9.80. The highest BCUT2D eigenvalue weighted by Crippen LogP contribution is 2.23. The molecular formula is C18H22N2O4. The molecule has 0 aliphatic heterocycles. The van der Waals surface area contributed by atoms with Crippen LogP contribution in [0.1, 0.15) is 42.6 Å². The molecule has 0 bridgehead atoms. The van der Waals surface area contributed by atoms with Gasteiger partial charge in [0.1, 0.15) is 11.8 Å². The Morgan fingerprint density at radius 2 is 1.88 bits per heavy atom. The lowest BCUT2D eigenvalue weighted by molar-refractivity contribution is -0.141. The van der Waals surface area contributed by atoms with Crippen LogP contribution in [0.5, 0.6) is 0 Å². The molecule has 6 nitrogen and oxygen atoms in total. The molecule has 1 unspecified atom stereocenters. The lowest BCUT2D eigenvalue weighted by Gasteiger charge is -2.24. The summed E-state index contributed by atoms with van der Waals surface area (Å²) in [4.78, 5) is 25.4. The van der Waals surface area contributed by atoms with Gasteiger partial charge in [0, 0.05) is 24.9 Å². The van der Waals surface area contributed by atoms with Crippen molar-refractivity contribution in [2.24, 2.45) is 0 Å². The van der Waals surface area contributed by atoms with Crippen molar-refractivity contribution < 1.29 is 19.2 Å². The Bertz CT molecular complexity index is 716. The topological polar surface area (TPSA) is 83.6 Å². The molecule has 0 fully saturated rings. The maximum absolute atomic E-state index is 12.6. The Kier molecular flexibility index (Phi) is 5.07. The normalized spacial score (nSPS) is 12.7. The Hall–Kier alpha value is -2.63. The zero-order valence-corrected chi connectivity index (χ0v) is 14.3. The van der Waals surface area contributed by atoms with E-state index in [2.05, 4.69) is 5.16 Å². The fraction of sp³-hybridized carbons (Fsp3) is 0.389. The van der Waals surface area contributed by atoms with Crippen molar-refractivity contribution in [3.05, 3.63) is 53.4 Å². The average Bonchev–Trinajstić information content (AvgIpc) is 3.02. The van der Waals surface area contributed by atoms with Crippen LogP contribution in [0.25, 0.3) is 0 Å². The third-order valence-electron chi connectivity index (χ3n) is 3.81. The molecule has 1 N–H and O–H groups in total. The zero-order valence-electron chi connectivity index (χ0n) is 14.3. The van der Waals surface area contributed by atoms with Gasteiger partial charge in [-0.15, -0.1) is 0 Å². The predicted octanol–water partition coefficient (Wildman–Crippen LogP) is 2.74. The molecule has 2 rings (SSSR count). The van der Waals surface area contributed by atoms with E-state index in [1.54, 1.807) is 6.07 Å². The largest absolute Gasteiger partial charge is 0.480 e. The fourth-order valence-corrected chi connectivity index (χ4v) is 2.28. The lowest BCUT2D eigenvalue weighted by Crippen LogP contribution is -2.44. The SMILES string of the molecule is CN(C(=O)c1cc(C(C)(C)C)on1)C(Cc1ccccc1)C(=O)O. The molecule has 1 atom stereocenters. The molecule has 0 aliphatic carbocycles. The second-order valence-electron chi connectivity index (χ2n) is 6.79. The minimum absolute atomic E-state index is 0.113. The van der Waals surface area contributed by atoms with Crippen molar-refractivity contribution in [3.63, 3.8) is 0 Å². The number of hydrogen-bond donors (Lipinski definition) is 1. The predicted molar refractivity (Wildman–Crippen MR) is 88.9 cm³/mol. The van der Waals surface area contributed by atoms with Gasteiger partial charge >= 0.3 is 5.97 Å². The zero-order chi connectivity index (χ0) is 17.9. The number of carbonyl (C=O) groups is 2. The number of carbonyl (C=O) groups excluding carboxylic acids is 1. The van der Waals surface area contributed by atoms with Crippen LogP contribution in [0, 0.1) is 0 Å². The fourth-order valence-electron chi connectivity index (χ4n) is 2.28. The molecule has 0 saturated carbocycles. The highest BCUT2D eigenvalue weighted by Gasteiger charge is 2.30. The molecule has 0 radical (unpaired) electrons. The number of hydrogen-bond acceptors (Lipinski definition) is 4. The van der Waals surface area contributed by atoms with Gasteiger partial charge in [-0.1, -0.05) is 56.3 Å². The maximum atomic E-state index is 12.6. The van der Waals surface area contributed by atoms with E-state index < -0.39 is 17.9 Å². The van der Waals surface area contributed by atoms with Crippen LogP contribution in [0.2, 0.25) is 0 Å². The van der Waals surface area contributed by atoms with E-state index in [0.717, 1.165) is 5.56 Å². The first kappa shape index (κ1) is 17.7. The highest BCUT2D eigenvalue weighted by molar-refractivity contribution is 5.94. The first-order valence-corrected chi connectivity index (χ1v) is 7.71. The summed E-state index contributed by atoms with van der Waals surface area (Å²) >= 11 is 0. The molecule has 1 heterocycles. The van der Waals surface area contributed by atoms with Crippen LogP contribution < -0.4 is 0 Å². The van der Waals surface area contributed by atoms with Crippen molar-refractivity contribution in [1.82, 2.24) is 10.1 Å². The molecule has 0 aliphatic rings. The number of nitrogens with zero attached hydrogens (tertiary/aromatic N) is 2. The Balaban J connectivity index is 2.20. The highest BCUT2D eigenvalue weighted by atomic mass is 16.5. The number of aliphatic carboxylic acids is 1. The molecule has 1 amide bonds. The van der Waals surface area contributed by atoms with Crippen LogP contribution in [-0.2, 0) is 16.6 Å². The number of carboxylic acid groups (broad SMARTS) is 1. The summed E-state index contributed by atoms with van der Waals surface area (Å²) in [5, 5.41) is 13.3. The van der Waals surface area contributed by atoms with Gasteiger partial charge in [-0.05, 0) is 5.56 Å². The standard InChI is InChI=1S/C18H22N2O4/c1-18(2,3)15-11-13(19-24-15)16(21)20(4)14(17(22)23)10-12-8-6-5-7-9-12/h5-9,11,14H,10H2,1-4H3,(H,22,23). The van der Waals surface area contributed by atoms with E-state index in [1.165, 1.54) is 11.9 Å². The van der Waals surface area contributed by atoms with E-state index >= 15 is 0 Å². The van der Waals surface area contributed by atoms with Gasteiger partial charge in [-0.2, -0.15) is 0 Å². The smallest absolute Gasteiger partial charge is 0.326 e. The number of carboxylic acids is 1. The van der Waals surface area contributed by atoms with Gasteiger partial charge in [0.15, 0.2) is 5.69 Å². The van der Waals surface area contributed by atoms with Crippen molar-refractivity contribution >= 4 is 11.9 Å². The average molecular weight is 330 g/mol. The van der Waals surface area contributed by atoms with E-state index in [0.29, 0.717) is 5.76 Å². The number of benzene rings is 1. The quantitative estimate of drug-likeness (QED) is 0.911. The number of amides is 1. The lowest BCUT2D eigenvalue weighted by atomic mass is 9.93. The number of rotatable bonds is 5. The first-order chi connectivity index (χ1) is 11.2. The van der Waals surface area contributed by atoms with Crippen molar-refractivity contribution in [2.45, 2.75) is 38.6 Å². The monoisotopic (exact) mass is 330 g/mol. The second kappa shape index (κ2) is 6.86. The van der Waals surface area contributed by atoms with E-state index in [1.807, 2.05) is 51.1 Å². The molecule has 24 heavy (non-hydrogen) atoms. The van der Waals surface area contributed by atoms with Gasteiger partial charge in [0.25, 0.3) is 5.91 Å². The van der Waals surface area contributed by atoms with Crippen LogP contribution >= 0.6 is 0 Å². The summed E-state index contributed by atoms with van der Waals surface area (Å²) in [5.74, 6) is -0.957. The van der Waals surface area contributed by atoms with Crippen LogP contribution in [0.15, 0.2) is 40.9 Å². The third kappa shape index (κ3) is 4.01. The maximum Gasteiger partial charge on any atom is 0.326 e. The summed E-state index contributed by atoms with van der Waals surface area (Å²) in [6.45, 7) is 5.84. The first-order valence-electron chi connectivity index (χ1n) is 7.71. The molecule has 0 spiro atoms. The Morgan fingerprint density at radius 3 is 2.38 bits per heavy atom. The summed E-state index contributed by atoms with van der Waals surface area (Å²) in [7, 11) is 1.47. The molecule has 2 aromatic rings. The second-order valence-corrected chi connectivity index (χ2v) is 6.79.